The van der Waals surface area contributed by atoms with E-state index in [0.29, 0.717) is 25.4 Å². The van der Waals surface area contributed by atoms with E-state index in [-0.39, 0.29) is 11.9 Å². The quantitative estimate of drug-likeness (QED) is 0.800. The summed E-state index contributed by atoms with van der Waals surface area (Å²) in [7, 11) is 1.62. The van der Waals surface area contributed by atoms with Crippen LogP contribution in [0.5, 0.6) is 0 Å². The van der Waals surface area contributed by atoms with Gasteiger partial charge >= 0.3 is 0 Å². The summed E-state index contributed by atoms with van der Waals surface area (Å²) in [6, 6.07) is 0.158. The topological polar surface area (TPSA) is 86.0 Å². The van der Waals surface area contributed by atoms with E-state index >= 15 is 0 Å². The minimum Gasteiger partial charge on any atom is -0.378 e. The van der Waals surface area contributed by atoms with Gasteiger partial charge in [-0.3, -0.25) is 9.78 Å². The lowest BCUT2D eigenvalue weighted by molar-refractivity contribution is 0.0491. The van der Waals surface area contributed by atoms with E-state index in [2.05, 4.69) is 20.3 Å². The molecule has 3 rings (SSSR count). The van der Waals surface area contributed by atoms with Crippen molar-refractivity contribution >= 4 is 5.91 Å². The number of methoxy groups -OCH3 is 1. The molecule has 1 amide bonds. The average Bonchev–Trinajstić information content (AvgIpc) is 2.86. The van der Waals surface area contributed by atoms with Gasteiger partial charge in [0.05, 0.1) is 30.7 Å². The summed E-state index contributed by atoms with van der Waals surface area (Å²) >= 11 is 0. The second-order valence-electron chi connectivity index (χ2n) is 5.03. The number of aromatic nitrogens is 5. The Morgan fingerprint density at radius 2 is 2.19 bits per heavy atom. The lowest BCUT2D eigenvalue weighted by atomic mass is 10.1. The number of carbonyl (C=O) groups excluding carboxylic acids is 1. The van der Waals surface area contributed by atoms with E-state index in [1.165, 1.54) is 6.20 Å². The van der Waals surface area contributed by atoms with Crippen molar-refractivity contribution in [2.24, 2.45) is 0 Å². The Hall–Kier alpha value is -2.35. The van der Waals surface area contributed by atoms with Crippen molar-refractivity contribution in [2.45, 2.75) is 19.6 Å². The molecule has 3 heterocycles. The van der Waals surface area contributed by atoms with Crippen molar-refractivity contribution in [3.05, 3.63) is 35.7 Å². The summed E-state index contributed by atoms with van der Waals surface area (Å²) in [6.45, 7) is 3.48. The van der Waals surface area contributed by atoms with Gasteiger partial charge in [-0.1, -0.05) is 5.21 Å². The highest BCUT2D eigenvalue weighted by Gasteiger charge is 2.33. The Bertz CT molecular complexity index is 632. The number of carbonyl (C=O) groups is 1. The highest BCUT2D eigenvalue weighted by molar-refractivity contribution is 5.92. The van der Waals surface area contributed by atoms with Gasteiger partial charge in [0.2, 0.25) is 0 Å². The fraction of sp³-hybridized carbons (Fsp3) is 0.462. The number of nitrogens with zero attached hydrogens (tertiary/aromatic N) is 6. The molecule has 0 radical (unpaired) electrons. The molecule has 0 aromatic carbocycles. The van der Waals surface area contributed by atoms with Crippen LogP contribution in [0.1, 0.15) is 27.9 Å². The Morgan fingerprint density at radius 1 is 1.38 bits per heavy atom. The highest BCUT2D eigenvalue weighted by Crippen LogP contribution is 2.22. The normalized spacial score (nSPS) is 15.0. The van der Waals surface area contributed by atoms with Crippen molar-refractivity contribution in [3.8, 4) is 0 Å². The van der Waals surface area contributed by atoms with Gasteiger partial charge in [-0.15, -0.1) is 5.10 Å². The number of hydrogen-bond donors (Lipinski definition) is 0. The molecular weight excluding hydrogens is 272 g/mol. The molecule has 1 saturated heterocycles. The fourth-order valence-electron chi connectivity index (χ4n) is 2.16. The lowest BCUT2D eigenvalue weighted by Gasteiger charge is -2.38. The Labute approximate surface area is 121 Å². The van der Waals surface area contributed by atoms with Gasteiger partial charge in [0.15, 0.2) is 0 Å². The summed E-state index contributed by atoms with van der Waals surface area (Å²) in [5.74, 6) is -0.101. The molecule has 0 atom stereocenters. The number of rotatable bonds is 4. The summed E-state index contributed by atoms with van der Waals surface area (Å²) in [5, 5.41) is 8.06. The molecule has 110 valence electrons. The van der Waals surface area contributed by atoms with Gasteiger partial charge in [0.25, 0.3) is 5.91 Å². The predicted molar refractivity (Wildman–Crippen MR) is 72.4 cm³/mol. The number of hydrogen-bond acceptors (Lipinski definition) is 6. The van der Waals surface area contributed by atoms with Gasteiger partial charge in [0.1, 0.15) is 11.4 Å². The van der Waals surface area contributed by atoms with Crippen LogP contribution in [0.3, 0.4) is 0 Å². The van der Waals surface area contributed by atoms with Crippen LogP contribution in [-0.2, 0) is 11.3 Å². The predicted octanol–water partition coefficient (Wildman–Crippen LogP) is 0.220. The summed E-state index contributed by atoms with van der Waals surface area (Å²) in [6.07, 6.45) is 4.96. The van der Waals surface area contributed by atoms with Gasteiger partial charge in [-0.05, 0) is 6.92 Å². The molecule has 2 aromatic rings. The first kappa shape index (κ1) is 13.6. The van der Waals surface area contributed by atoms with Gasteiger partial charge in [0, 0.05) is 26.4 Å². The third-order valence-corrected chi connectivity index (χ3v) is 3.37. The molecule has 0 N–H and O–H groups in total. The number of aryl methyl sites for hydroxylation is 1. The van der Waals surface area contributed by atoms with Crippen LogP contribution in [-0.4, -0.2) is 56.0 Å². The molecule has 8 heteroatoms. The maximum atomic E-state index is 12.2. The molecule has 0 saturated carbocycles. The monoisotopic (exact) mass is 288 g/mol. The SMILES string of the molecule is COCc1cn(C2CN(C(=O)c3cnc(C)cn3)C2)nn1. The van der Waals surface area contributed by atoms with Gasteiger partial charge < -0.3 is 9.64 Å². The average molecular weight is 288 g/mol. The molecule has 0 aliphatic carbocycles. The van der Waals surface area contributed by atoms with Crippen molar-refractivity contribution in [2.75, 3.05) is 20.2 Å². The van der Waals surface area contributed by atoms with Crippen molar-refractivity contribution < 1.29 is 9.53 Å². The second kappa shape index (κ2) is 5.57. The van der Waals surface area contributed by atoms with Crippen molar-refractivity contribution in [1.82, 2.24) is 29.9 Å². The molecule has 0 unspecified atom stereocenters. The summed E-state index contributed by atoms with van der Waals surface area (Å²) in [5.41, 5.74) is 1.95. The maximum absolute atomic E-state index is 12.2. The Morgan fingerprint density at radius 3 is 2.86 bits per heavy atom. The Kier molecular flexibility index (Phi) is 3.61. The summed E-state index contributed by atoms with van der Waals surface area (Å²) < 4.78 is 6.78. The standard InChI is InChI=1S/C13H16N6O2/c1-9-3-15-12(4-14-9)13(20)18-6-11(7-18)19-5-10(8-21-2)16-17-19/h3-5,11H,6-8H2,1-2H3. The summed E-state index contributed by atoms with van der Waals surface area (Å²) in [4.78, 5) is 22.1. The largest absolute Gasteiger partial charge is 0.378 e. The van der Waals surface area contributed by atoms with Gasteiger partial charge in [-0.25, -0.2) is 9.67 Å². The number of ether oxygens (including phenoxy) is 1. The molecule has 2 aromatic heterocycles. The van der Waals surface area contributed by atoms with Crippen LogP contribution in [0.4, 0.5) is 0 Å². The molecule has 21 heavy (non-hydrogen) atoms. The first-order valence-electron chi connectivity index (χ1n) is 6.65. The van der Waals surface area contributed by atoms with Crippen LogP contribution in [0.15, 0.2) is 18.6 Å². The third kappa shape index (κ3) is 2.75. The first-order valence-corrected chi connectivity index (χ1v) is 6.65. The van der Waals surface area contributed by atoms with E-state index in [0.717, 1.165) is 11.4 Å². The molecule has 1 aliphatic rings. The third-order valence-electron chi connectivity index (χ3n) is 3.37. The van der Waals surface area contributed by atoms with E-state index in [4.69, 9.17) is 4.74 Å². The highest BCUT2D eigenvalue weighted by atomic mass is 16.5. The maximum Gasteiger partial charge on any atom is 0.274 e. The van der Waals surface area contributed by atoms with Crippen LogP contribution >= 0.6 is 0 Å². The van der Waals surface area contributed by atoms with E-state index in [9.17, 15) is 4.79 Å². The number of likely N-dealkylation sites (tertiary alicyclic amines) is 1. The van der Waals surface area contributed by atoms with Crippen molar-refractivity contribution in [1.29, 1.82) is 0 Å². The zero-order valence-corrected chi connectivity index (χ0v) is 11.9. The Balaban J connectivity index is 1.59. The first-order chi connectivity index (χ1) is 10.2. The van der Waals surface area contributed by atoms with Crippen LogP contribution < -0.4 is 0 Å². The van der Waals surface area contributed by atoms with Crippen LogP contribution in [0.25, 0.3) is 0 Å². The van der Waals surface area contributed by atoms with Crippen LogP contribution in [0.2, 0.25) is 0 Å². The molecular formula is C13H16N6O2. The second-order valence-corrected chi connectivity index (χ2v) is 5.03. The van der Waals surface area contributed by atoms with Gasteiger partial charge in [-0.2, -0.15) is 0 Å². The number of amides is 1. The van der Waals surface area contributed by atoms with E-state index < -0.39 is 0 Å². The molecule has 0 bridgehead atoms. The van der Waals surface area contributed by atoms with Crippen molar-refractivity contribution in [3.63, 3.8) is 0 Å². The zero-order valence-electron chi connectivity index (χ0n) is 11.9. The van der Waals surface area contributed by atoms with Crippen LogP contribution in [0, 0.1) is 6.92 Å². The molecule has 0 spiro atoms. The smallest absolute Gasteiger partial charge is 0.274 e. The minimum atomic E-state index is -0.101. The zero-order chi connectivity index (χ0) is 14.8. The minimum absolute atomic E-state index is 0.101. The lowest BCUT2D eigenvalue weighted by Crippen LogP contribution is -2.51. The molecule has 8 nitrogen and oxygen atoms in total. The fourth-order valence-corrected chi connectivity index (χ4v) is 2.16. The van der Waals surface area contributed by atoms with E-state index in [1.54, 1.807) is 22.9 Å². The van der Waals surface area contributed by atoms with E-state index in [1.807, 2.05) is 13.1 Å². The molecule has 1 fully saturated rings. The molecule has 1 aliphatic heterocycles.